The second-order valence-electron chi connectivity index (χ2n) is 9.41. The lowest BCUT2D eigenvalue weighted by atomic mass is 9.96. The third kappa shape index (κ3) is 4.15. The standard InChI is InChI=1S/C28H21F3N6O2/c1-36(27(38)16-4-6-23-19(9-16)25-21(26(32)35-23)12-34-37(25)2)13-17-14-39-24-10-15(3-5-18(17)24)20-11-33-8-7-22(20)28(29,30)31/h3-13,17H,14H2,1-2H3,(H-,32,34,35,38)/p+1. The van der Waals surface area contributed by atoms with Crippen molar-refractivity contribution in [1.29, 1.82) is 0 Å². The van der Waals surface area contributed by atoms with Crippen LogP contribution in [-0.4, -0.2) is 50.1 Å². The van der Waals surface area contributed by atoms with Crippen molar-refractivity contribution in [3.63, 3.8) is 0 Å². The fourth-order valence-electron chi connectivity index (χ4n) is 5.03. The van der Waals surface area contributed by atoms with Gasteiger partial charge < -0.3 is 10.5 Å². The first-order valence-corrected chi connectivity index (χ1v) is 12.0. The summed E-state index contributed by atoms with van der Waals surface area (Å²) in [5.74, 6) is 0.347. The number of nitrogen functional groups attached to an aromatic ring is 1. The number of ether oxygens (including phenoxy) is 1. The van der Waals surface area contributed by atoms with Crippen molar-refractivity contribution in [2.45, 2.75) is 12.1 Å². The first kappa shape index (κ1) is 24.5. The van der Waals surface area contributed by atoms with Gasteiger partial charge in [0, 0.05) is 36.0 Å². The Morgan fingerprint density at radius 2 is 1.97 bits per heavy atom. The molecule has 0 bridgehead atoms. The Morgan fingerprint density at radius 3 is 2.77 bits per heavy atom. The molecule has 0 spiro atoms. The van der Waals surface area contributed by atoms with Crippen molar-refractivity contribution in [2.24, 2.45) is 7.05 Å². The predicted octanol–water partition coefficient (Wildman–Crippen LogP) is 4.81. The van der Waals surface area contributed by atoms with Gasteiger partial charge in [-0.3, -0.25) is 9.67 Å². The van der Waals surface area contributed by atoms with Crippen molar-refractivity contribution in [3.05, 3.63) is 77.7 Å². The normalized spacial score (nSPS) is 15.5. The number of aryl methyl sites for hydroxylation is 1. The van der Waals surface area contributed by atoms with Gasteiger partial charge in [0.25, 0.3) is 0 Å². The van der Waals surface area contributed by atoms with Crippen LogP contribution >= 0.6 is 0 Å². The highest BCUT2D eigenvalue weighted by atomic mass is 19.4. The summed E-state index contributed by atoms with van der Waals surface area (Å²) in [5, 5.41) is 5.74. The smallest absolute Gasteiger partial charge is 0.418 e. The predicted molar refractivity (Wildman–Crippen MR) is 140 cm³/mol. The van der Waals surface area contributed by atoms with Gasteiger partial charge in [0.1, 0.15) is 25.2 Å². The average molecular weight is 532 g/mol. The molecule has 1 atom stereocenters. The molecule has 4 heterocycles. The van der Waals surface area contributed by atoms with Crippen LogP contribution in [0.1, 0.15) is 27.4 Å². The number of hydrogen-bond donors (Lipinski definition) is 1. The van der Waals surface area contributed by atoms with Crippen LogP contribution in [0.3, 0.4) is 0 Å². The minimum absolute atomic E-state index is 0.0220. The van der Waals surface area contributed by atoms with Crippen LogP contribution in [0.4, 0.5) is 19.0 Å². The molecule has 6 rings (SSSR count). The Labute approximate surface area is 220 Å². The third-order valence-corrected chi connectivity index (χ3v) is 6.95. The maximum absolute atomic E-state index is 13.5. The summed E-state index contributed by atoms with van der Waals surface area (Å²) in [5.41, 5.74) is 8.32. The number of carbonyl (C=O) groups is 1. The summed E-state index contributed by atoms with van der Waals surface area (Å²) < 4.78 is 49.5. The van der Waals surface area contributed by atoms with Crippen LogP contribution < -0.4 is 10.5 Å². The quantitative estimate of drug-likeness (QED) is 0.265. The molecule has 5 aromatic rings. The number of benzene rings is 2. The maximum atomic E-state index is 13.5. The van der Waals surface area contributed by atoms with Crippen molar-refractivity contribution in [3.8, 4) is 16.9 Å². The summed E-state index contributed by atoms with van der Waals surface area (Å²) in [6.45, 7) is 0.256. The van der Waals surface area contributed by atoms with Gasteiger partial charge >= 0.3 is 12.1 Å². The number of halogens is 3. The summed E-state index contributed by atoms with van der Waals surface area (Å²) in [6, 6.07) is 11.1. The number of amides is 1. The number of carbonyl (C=O) groups excluding carboxylic acids is 1. The van der Waals surface area contributed by atoms with Crippen LogP contribution in [0.25, 0.3) is 32.9 Å². The van der Waals surface area contributed by atoms with Gasteiger partial charge in [-0.15, -0.1) is 0 Å². The first-order chi connectivity index (χ1) is 18.6. The second kappa shape index (κ2) is 8.90. The lowest BCUT2D eigenvalue weighted by molar-refractivity contribution is -0.390. The van der Waals surface area contributed by atoms with E-state index in [1.807, 2.05) is 0 Å². The van der Waals surface area contributed by atoms with E-state index < -0.39 is 11.7 Å². The molecule has 0 radical (unpaired) electrons. The molecule has 0 saturated heterocycles. The SMILES string of the molecule is Cn1ncc2c(N)nc3ccc(C(=O)[N+](C)=CC4COc5cc(-c6cnccc6C(F)(F)F)ccc54)cc3c21. The van der Waals surface area contributed by atoms with E-state index in [9.17, 15) is 18.0 Å². The van der Waals surface area contributed by atoms with Crippen molar-refractivity contribution < 1.29 is 27.3 Å². The van der Waals surface area contributed by atoms with E-state index in [-0.39, 0.29) is 24.0 Å². The number of alkyl halides is 3. The molecule has 1 unspecified atom stereocenters. The van der Waals surface area contributed by atoms with Crippen LogP contribution in [0.15, 0.2) is 61.1 Å². The van der Waals surface area contributed by atoms with E-state index >= 15 is 0 Å². The van der Waals surface area contributed by atoms with Crippen molar-refractivity contribution >= 4 is 39.7 Å². The minimum atomic E-state index is -4.51. The Balaban J connectivity index is 1.31. The van der Waals surface area contributed by atoms with Gasteiger partial charge in [-0.2, -0.15) is 22.8 Å². The fraction of sp³-hybridized carbons (Fsp3) is 0.179. The molecule has 8 nitrogen and oxygen atoms in total. The highest BCUT2D eigenvalue weighted by molar-refractivity contribution is 6.09. The number of rotatable bonds is 3. The molecule has 0 fully saturated rings. The topological polar surface area (TPSA) is 98.9 Å². The molecule has 0 saturated carbocycles. The lowest BCUT2D eigenvalue weighted by Gasteiger charge is -2.13. The molecule has 196 valence electrons. The highest BCUT2D eigenvalue weighted by Gasteiger charge is 2.34. The number of nitrogens with zero attached hydrogens (tertiary/aromatic N) is 5. The number of aromatic nitrogens is 4. The first-order valence-electron chi connectivity index (χ1n) is 12.0. The molecule has 2 N–H and O–H groups in total. The lowest BCUT2D eigenvalue weighted by Crippen LogP contribution is -2.21. The van der Waals surface area contributed by atoms with E-state index in [1.54, 1.807) is 67.6 Å². The van der Waals surface area contributed by atoms with Crippen LogP contribution in [-0.2, 0) is 13.2 Å². The molecule has 2 aromatic carbocycles. The zero-order chi connectivity index (χ0) is 27.5. The van der Waals surface area contributed by atoms with E-state index in [1.165, 1.54) is 10.8 Å². The molecule has 3 aromatic heterocycles. The van der Waals surface area contributed by atoms with Gasteiger partial charge in [0.15, 0.2) is 6.21 Å². The zero-order valence-corrected chi connectivity index (χ0v) is 20.9. The highest BCUT2D eigenvalue weighted by Crippen LogP contribution is 2.40. The average Bonchev–Trinajstić information content (AvgIpc) is 3.51. The molecule has 1 amide bonds. The molecule has 1 aliphatic rings. The number of pyridine rings is 2. The maximum Gasteiger partial charge on any atom is 0.418 e. The molecule has 39 heavy (non-hydrogen) atoms. The Morgan fingerprint density at radius 1 is 1.15 bits per heavy atom. The second-order valence-corrected chi connectivity index (χ2v) is 9.41. The van der Waals surface area contributed by atoms with E-state index in [4.69, 9.17) is 10.5 Å². The summed E-state index contributed by atoms with van der Waals surface area (Å²) in [6.07, 6.45) is 1.21. The monoisotopic (exact) mass is 531 g/mol. The zero-order valence-electron chi connectivity index (χ0n) is 20.9. The fourth-order valence-corrected chi connectivity index (χ4v) is 5.03. The van der Waals surface area contributed by atoms with Crippen molar-refractivity contribution in [1.82, 2.24) is 19.7 Å². The Bertz CT molecular complexity index is 1830. The minimum Gasteiger partial charge on any atom is -0.492 e. The summed E-state index contributed by atoms with van der Waals surface area (Å²) in [7, 11) is 3.46. The third-order valence-electron chi connectivity index (χ3n) is 6.95. The molecular formula is C28H22F3N6O2+. The molecule has 11 heteroatoms. The summed E-state index contributed by atoms with van der Waals surface area (Å²) >= 11 is 0. The van der Waals surface area contributed by atoms with Crippen LogP contribution in [0.2, 0.25) is 0 Å². The Hall–Kier alpha value is -4.80. The van der Waals surface area contributed by atoms with Crippen LogP contribution in [0.5, 0.6) is 5.75 Å². The number of nitrogens with two attached hydrogens (primary N) is 1. The van der Waals surface area contributed by atoms with Crippen molar-refractivity contribution in [2.75, 3.05) is 19.4 Å². The molecule has 0 aliphatic carbocycles. The summed E-state index contributed by atoms with van der Waals surface area (Å²) in [4.78, 5) is 21.7. The van der Waals surface area contributed by atoms with E-state index in [0.717, 1.165) is 28.7 Å². The van der Waals surface area contributed by atoms with Gasteiger partial charge in [0.2, 0.25) is 0 Å². The number of anilines is 1. The Kier molecular flexibility index (Phi) is 5.60. The van der Waals surface area contributed by atoms with Crippen LogP contribution in [0, 0.1) is 0 Å². The molecule has 1 aliphatic heterocycles. The largest absolute Gasteiger partial charge is 0.492 e. The van der Waals surface area contributed by atoms with E-state index in [2.05, 4.69) is 15.1 Å². The molecular weight excluding hydrogens is 509 g/mol. The number of fused-ring (bicyclic) bond motifs is 4. The van der Waals surface area contributed by atoms with E-state index in [0.29, 0.717) is 33.6 Å². The van der Waals surface area contributed by atoms with Gasteiger partial charge in [-0.25, -0.2) is 9.78 Å². The van der Waals surface area contributed by atoms with Gasteiger partial charge in [0.05, 0.1) is 39.7 Å². The van der Waals surface area contributed by atoms with Gasteiger partial charge in [-0.1, -0.05) is 12.1 Å². The van der Waals surface area contributed by atoms with Gasteiger partial charge in [-0.05, 0) is 35.9 Å². The number of hydrogen-bond acceptors (Lipinski definition) is 6.